The minimum atomic E-state index is -0.307. The molecule has 0 bridgehead atoms. The highest BCUT2D eigenvalue weighted by Crippen LogP contribution is 2.21. The third kappa shape index (κ3) is 6.31. The molecule has 0 saturated carbocycles. The molecule has 1 rings (SSSR count). The second-order valence-corrected chi connectivity index (χ2v) is 4.76. The summed E-state index contributed by atoms with van der Waals surface area (Å²) in [4.78, 5) is 14.5. The minimum absolute atomic E-state index is 0.106. The molecular formula is C16H20N4O2. The van der Waals surface area contributed by atoms with Gasteiger partial charge in [-0.05, 0) is 24.4 Å². The van der Waals surface area contributed by atoms with Gasteiger partial charge >= 0.3 is 0 Å². The van der Waals surface area contributed by atoms with Crippen LogP contribution in [-0.4, -0.2) is 25.1 Å². The second-order valence-electron chi connectivity index (χ2n) is 4.76. The Labute approximate surface area is 130 Å². The Hall–Kier alpha value is -2.48. The van der Waals surface area contributed by atoms with Gasteiger partial charge in [-0.25, -0.2) is 0 Å². The maximum absolute atomic E-state index is 11.9. The molecule has 6 nitrogen and oxygen atoms in total. The predicted octanol–water partition coefficient (Wildman–Crippen LogP) is 2.97. The average Bonchev–Trinajstić information content (AvgIpc) is 2.53. The number of hydrogen-bond acceptors (Lipinski definition) is 3. The van der Waals surface area contributed by atoms with Crippen molar-refractivity contribution in [1.82, 2.24) is 5.32 Å². The summed E-state index contributed by atoms with van der Waals surface area (Å²) in [6.07, 6.45) is 5.76. The summed E-state index contributed by atoms with van der Waals surface area (Å²) in [5.41, 5.74) is 9.14. The fraction of sp³-hybridized carbons (Fsp3) is 0.438. The summed E-state index contributed by atoms with van der Waals surface area (Å²) >= 11 is 0. The maximum Gasteiger partial charge on any atom is 0.220 e. The van der Waals surface area contributed by atoms with Crippen molar-refractivity contribution in [1.29, 1.82) is 0 Å². The molecule has 116 valence electrons. The Morgan fingerprint density at radius 3 is 2.86 bits per heavy atom. The highest BCUT2D eigenvalue weighted by Gasteiger charge is 2.21. The number of carbonyl (C=O) groups is 1. The lowest BCUT2D eigenvalue weighted by atomic mass is 10.0. The zero-order chi connectivity index (χ0) is 16.2. The van der Waals surface area contributed by atoms with E-state index in [1.54, 1.807) is 0 Å². The number of terminal acetylenes is 1. The largest absolute Gasteiger partial charge is 0.359 e. The lowest BCUT2D eigenvalue weighted by Crippen LogP contribution is -2.38. The van der Waals surface area contributed by atoms with Gasteiger partial charge in [0.15, 0.2) is 0 Å². The molecule has 0 heterocycles. The van der Waals surface area contributed by atoms with Crippen LogP contribution in [0, 0.1) is 12.3 Å². The molecule has 22 heavy (non-hydrogen) atoms. The van der Waals surface area contributed by atoms with Crippen LogP contribution in [0.1, 0.15) is 31.4 Å². The molecule has 0 aromatic heterocycles. The third-order valence-corrected chi connectivity index (χ3v) is 3.04. The first-order valence-electron chi connectivity index (χ1n) is 7.09. The van der Waals surface area contributed by atoms with Gasteiger partial charge in [-0.3, -0.25) is 4.79 Å². The highest BCUT2D eigenvalue weighted by atomic mass is 16.5. The lowest BCUT2D eigenvalue weighted by molar-refractivity contribution is -0.122. The molecule has 0 radical (unpaired) electrons. The van der Waals surface area contributed by atoms with E-state index >= 15 is 0 Å². The van der Waals surface area contributed by atoms with Gasteiger partial charge in [-0.15, -0.1) is 6.42 Å². The van der Waals surface area contributed by atoms with Gasteiger partial charge in [0.1, 0.15) is 12.7 Å². The zero-order valence-electron chi connectivity index (χ0n) is 12.6. The maximum atomic E-state index is 11.9. The fourth-order valence-electron chi connectivity index (χ4n) is 2.07. The molecule has 1 aromatic rings. The Balaban J connectivity index is 2.60. The summed E-state index contributed by atoms with van der Waals surface area (Å²) < 4.78 is 5.67. The molecule has 1 amide bonds. The van der Waals surface area contributed by atoms with Gasteiger partial charge in [0.2, 0.25) is 5.91 Å². The monoisotopic (exact) mass is 300 g/mol. The zero-order valence-corrected chi connectivity index (χ0v) is 12.6. The fourth-order valence-corrected chi connectivity index (χ4v) is 2.07. The number of carbonyl (C=O) groups excluding carboxylic acids is 1. The molecule has 0 spiro atoms. The van der Waals surface area contributed by atoms with Gasteiger partial charge < -0.3 is 10.1 Å². The molecule has 0 aliphatic rings. The van der Waals surface area contributed by atoms with E-state index < -0.39 is 0 Å². The summed E-state index contributed by atoms with van der Waals surface area (Å²) in [7, 11) is 0. The highest BCUT2D eigenvalue weighted by molar-refractivity contribution is 5.76. The standard InChI is InChI=1S/C16H20N4O2/c1-3-12-22-16(14-8-5-4-6-9-14)13(2)19-15(21)10-7-11-18-20-17/h1,4-6,8-9,13,16H,7,10-12H2,2H3,(H,19,21)/t13-,16-/m0/s1. The van der Waals surface area contributed by atoms with E-state index in [0.29, 0.717) is 19.4 Å². The number of amides is 1. The van der Waals surface area contributed by atoms with Gasteiger partial charge in [0, 0.05) is 17.9 Å². The molecule has 0 aliphatic carbocycles. The SMILES string of the molecule is C#CCO[C@H](c1ccccc1)[C@H](C)NC(=O)CCCN=[N+]=[N-]. The summed E-state index contributed by atoms with van der Waals surface area (Å²) in [6, 6.07) is 9.40. The van der Waals surface area contributed by atoms with Crippen LogP contribution in [-0.2, 0) is 9.53 Å². The Bertz CT molecular complexity index is 547. The summed E-state index contributed by atoms with van der Waals surface area (Å²) in [5.74, 6) is 2.34. The van der Waals surface area contributed by atoms with Gasteiger partial charge in [0.05, 0.1) is 6.04 Å². The van der Waals surface area contributed by atoms with Crippen LogP contribution in [0.3, 0.4) is 0 Å². The van der Waals surface area contributed by atoms with Gasteiger partial charge in [-0.2, -0.15) is 0 Å². The predicted molar refractivity (Wildman–Crippen MR) is 84.8 cm³/mol. The van der Waals surface area contributed by atoms with E-state index in [-0.39, 0.29) is 24.7 Å². The molecule has 0 saturated heterocycles. The normalized spacial score (nSPS) is 12.5. The first-order valence-corrected chi connectivity index (χ1v) is 7.09. The number of azide groups is 1. The smallest absolute Gasteiger partial charge is 0.220 e. The number of ether oxygens (including phenoxy) is 1. The van der Waals surface area contributed by atoms with Crippen LogP contribution < -0.4 is 5.32 Å². The first kappa shape index (κ1) is 17.6. The second kappa shape index (κ2) is 10.3. The van der Waals surface area contributed by atoms with Crippen LogP contribution in [0.4, 0.5) is 0 Å². The van der Waals surface area contributed by atoms with Crippen molar-refractivity contribution in [2.45, 2.75) is 31.9 Å². The number of hydrogen-bond donors (Lipinski definition) is 1. The van der Waals surface area contributed by atoms with Crippen molar-refractivity contribution in [3.8, 4) is 12.3 Å². The van der Waals surface area contributed by atoms with E-state index in [0.717, 1.165) is 5.56 Å². The van der Waals surface area contributed by atoms with E-state index in [1.807, 2.05) is 37.3 Å². The van der Waals surface area contributed by atoms with E-state index in [4.69, 9.17) is 16.7 Å². The molecule has 0 aliphatic heterocycles. The first-order chi connectivity index (χ1) is 10.7. The molecule has 0 fully saturated rings. The van der Waals surface area contributed by atoms with Crippen molar-refractivity contribution in [3.63, 3.8) is 0 Å². The van der Waals surface area contributed by atoms with Gasteiger partial charge in [0.25, 0.3) is 0 Å². The third-order valence-electron chi connectivity index (χ3n) is 3.04. The number of benzene rings is 1. The molecule has 1 N–H and O–H groups in total. The van der Waals surface area contributed by atoms with Crippen molar-refractivity contribution in [2.24, 2.45) is 5.11 Å². The Morgan fingerprint density at radius 1 is 1.50 bits per heavy atom. The molecule has 0 unspecified atom stereocenters. The van der Waals surface area contributed by atoms with Gasteiger partial charge in [-0.1, -0.05) is 41.4 Å². The van der Waals surface area contributed by atoms with E-state index in [2.05, 4.69) is 21.3 Å². The van der Waals surface area contributed by atoms with Crippen molar-refractivity contribution < 1.29 is 9.53 Å². The van der Waals surface area contributed by atoms with Crippen LogP contribution in [0.15, 0.2) is 35.4 Å². The number of nitrogens with zero attached hydrogens (tertiary/aromatic N) is 3. The summed E-state index contributed by atoms with van der Waals surface area (Å²) in [5, 5.41) is 6.30. The van der Waals surface area contributed by atoms with Crippen LogP contribution in [0.2, 0.25) is 0 Å². The lowest BCUT2D eigenvalue weighted by Gasteiger charge is -2.25. The Kier molecular flexibility index (Phi) is 8.21. The van der Waals surface area contributed by atoms with E-state index in [9.17, 15) is 4.79 Å². The molecule has 1 aromatic carbocycles. The Morgan fingerprint density at radius 2 is 2.23 bits per heavy atom. The van der Waals surface area contributed by atoms with Crippen LogP contribution >= 0.6 is 0 Å². The summed E-state index contributed by atoms with van der Waals surface area (Å²) in [6.45, 7) is 2.37. The van der Waals surface area contributed by atoms with Crippen LogP contribution in [0.5, 0.6) is 0 Å². The quantitative estimate of drug-likeness (QED) is 0.250. The average molecular weight is 300 g/mol. The molecule has 2 atom stereocenters. The minimum Gasteiger partial charge on any atom is -0.359 e. The van der Waals surface area contributed by atoms with Crippen molar-refractivity contribution >= 4 is 5.91 Å². The number of nitrogens with one attached hydrogen (secondary N) is 1. The van der Waals surface area contributed by atoms with Crippen molar-refractivity contribution in [3.05, 3.63) is 46.3 Å². The van der Waals surface area contributed by atoms with Crippen LogP contribution in [0.25, 0.3) is 10.4 Å². The van der Waals surface area contributed by atoms with Crippen molar-refractivity contribution in [2.75, 3.05) is 13.2 Å². The topological polar surface area (TPSA) is 87.1 Å². The number of rotatable bonds is 9. The molecule has 6 heteroatoms. The van der Waals surface area contributed by atoms with E-state index in [1.165, 1.54) is 0 Å². The molecular weight excluding hydrogens is 280 g/mol.